The van der Waals surface area contributed by atoms with Gasteiger partial charge in [0, 0.05) is 19.6 Å². The first-order valence-corrected chi connectivity index (χ1v) is 6.89. The van der Waals surface area contributed by atoms with E-state index in [-0.39, 0.29) is 11.9 Å². The summed E-state index contributed by atoms with van der Waals surface area (Å²) in [6, 6.07) is 8.40. The Hall–Kier alpha value is -1.39. The molecule has 0 saturated carbocycles. The number of likely N-dealkylation sites (N-methyl/N-ethyl adjacent to an activating group) is 1. The van der Waals surface area contributed by atoms with Crippen molar-refractivity contribution in [1.29, 1.82) is 0 Å². The van der Waals surface area contributed by atoms with Crippen molar-refractivity contribution in [2.24, 2.45) is 0 Å². The summed E-state index contributed by atoms with van der Waals surface area (Å²) in [5.41, 5.74) is 2.66. The van der Waals surface area contributed by atoms with E-state index in [1.165, 1.54) is 11.1 Å². The van der Waals surface area contributed by atoms with Crippen molar-refractivity contribution in [3.63, 3.8) is 0 Å². The summed E-state index contributed by atoms with van der Waals surface area (Å²) < 4.78 is 5.31. The zero-order chi connectivity index (χ0) is 13.2. The van der Waals surface area contributed by atoms with Gasteiger partial charge in [-0.05, 0) is 24.6 Å². The zero-order valence-corrected chi connectivity index (χ0v) is 11.3. The van der Waals surface area contributed by atoms with Crippen LogP contribution in [0.1, 0.15) is 11.1 Å². The van der Waals surface area contributed by atoms with Gasteiger partial charge in [-0.25, -0.2) is 0 Å². The van der Waals surface area contributed by atoms with Gasteiger partial charge in [-0.3, -0.25) is 9.69 Å². The molecule has 0 N–H and O–H groups in total. The van der Waals surface area contributed by atoms with Crippen LogP contribution in [0.2, 0.25) is 0 Å². The number of ether oxygens (including phenoxy) is 1. The minimum absolute atomic E-state index is 0.0204. The summed E-state index contributed by atoms with van der Waals surface area (Å²) in [5, 5.41) is 0. The second-order valence-electron chi connectivity index (χ2n) is 5.34. The molecule has 1 unspecified atom stereocenters. The van der Waals surface area contributed by atoms with Gasteiger partial charge in [-0.2, -0.15) is 0 Å². The lowest BCUT2D eigenvalue weighted by Crippen LogP contribution is -2.52. The van der Waals surface area contributed by atoms with E-state index < -0.39 is 0 Å². The fraction of sp³-hybridized carbons (Fsp3) is 0.533. The van der Waals surface area contributed by atoms with E-state index in [0.29, 0.717) is 13.2 Å². The summed E-state index contributed by atoms with van der Waals surface area (Å²) >= 11 is 0. The van der Waals surface area contributed by atoms with Crippen LogP contribution in [0.4, 0.5) is 0 Å². The molecule has 1 aromatic rings. The van der Waals surface area contributed by atoms with Crippen LogP contribution in [-0.4, -0.2) is 55.1 Å². The van der Waals surface area contributed by atoms with Crippen LogP contribution in [0.3, 0.4) is 0 Å². The third-order valence-electron chi connectivity index (χ3n) is 4.09. The molecule has 4 heteroatoms. The van der Waals surface area contributed by atoms with Crippen LogP contribution in [0, 0.1) is 0 Å². The third-order valence-corrected chi connectivity index (χ3v) is 4.09. The predicted octanol–water partition coefficient (Wildman–Crippen LogP) is 0.902. The molecule has 0 aliphatic carbocycles. The Morgan fingerprint density at radius 1 is 1.21 bits per heavy atom. The standard InChI is InChI=1S/C15H20N2O2/c1-16-11-13-5-3-2-4-12(13)10-14(16)15(18)17-6-8-19-9-7-17/h2-5,14H,6-11H2,1H3. The number of carbonyl (C=O) groups is 1. The molecule has 2 aliphatic rings. The van der Waals surface area contributed by atoms with Crippen LogP contribution in [-0.2, 0) is 22.5 Å². The molecule has 1 amide bonds. The van der Waals surface area contributed by atoms with Crippen LogP contribution in [0.5, 0.6) is 0 Å². The van der Waals surface area contributed by atoms with E-state index in [4.69, 9.17) is 4.74 Å². The Kier molecular flexibility index (Phi) is 3.53. The van der Waals surface area contributed by atoms with Gasteiger partial charge in [0.2, 0.25) is 5.91 Å². The maximum absolute atomic E-state index is 12.6. The summed E-state index contributed by atoms with van der Waals surface area (Å²) in [6.45, 7) is 3.64. The Morgan fingerprint density at radius 2 is 1.89 bits per heavy atom. The Balaban J connectivity index is 1.76. The third kappa shape index (κ3) is 2.51. The second kappa shape index (κ2) is 5.31. The van der Waals surface area contributed by atoms with Crippen molar-refractivity contribution in [2.45, 2.75) is 19.0 Å². The molecular formula is C15H20N2O2. The van der Waals surface area contributed by atoms with Crippen molar-refractivity contribution in [3.8, 4) is 0 Å². The van der Waals surface area contributed by atoms with E-state index in [1.54, 1.807) is 0 Å². The molecule has 1 atom stereocenters. The van der Waals surface area contributed by atoms with E-state index >= 15 is 0 Å². The highest BCUT2D eigenvalue weighted by atomic mass is 16.5. The highest BCUT2D eigenvalue weighted by molar-refractivity contribution is 5.82. The largest absolute Gasteiger partial charge is 0.378 e. The molecule has 0 spiro atoms. The molecule has 1 saturated heterocycles. The average molecular weight is 260 g/mol. The van der Waals surface area contributed by atoms with Crippen molar-refractivity contribution < 1.29 is 9.53 Å². The molecule has 0 aromatic heterocycles. The van der Waals surface area contributed by atoms with Gasteiger partial charge in [-0.15, -0.1) is 0 Å². The molecular weight excluding hydrogens is 240 g/mol. The van der Waals surface area contributed by atoms with Gasteiger partial charge in [0.05, 0.1) is 19.3 Å². The molecule has 2 heterocycles. The van der Waals surface area contributed by atoms with Crippen molar-refractivity contribution in [3.05, 3.63) is 35.4 Å². The zero-order valence-electron chi connectivity index (χ0n) is 11.3. The quantitative estimate of drug-likeness (QED) is 0.752. The van der Waals surface area contributed by atoms with Crippen molar-refractivity contribution >= 4 is 5.91 Å². The Bertz CT molecular complexity index is 469. The number of fused-ring (bicyclic) bond motifs is 1. The minimum Gasteiger partial charge on any atom is -0.378 e. The summed E-state index contributed by atoms with van der Waals surface area (Å²) in [4.78, 5) is 16.7. The van der Waals surface area contributed by atoms with Crippen LogP contribution < -0.4 is 0 Å². The molecule has 1 aromatic carbocycles. The molecule has 102 valence electrons. The highest BCUT2D eigenvalue weighted by Gasteiger charge is 2.32. The number of hydrogen-bond acceptors (Lipinski definition) is 3. The number of hydrogen-bond donors (Lipinski definition) is 0. The Morgan fingerprint density at radius 3 is 2.63 bits per heavy atom. The first-order valence-electron chi connectivity index (χ1n) is 6.89. The van der Waals surface area contributed by atoms with Gasteiger partial charge >= 0.3 is 0 Å². The van der Waals surface area contributed by atoms with Crippen LogP contribution in [0.25, 0.3) is 0 Å². The molecule has 2 aliphatic heterocycles. The van der Waals surface area contributed by atoms with Crippen molar-refractivity contribution in [1.82, 2.24) is 9.80 Å². The van der Waals surface area contributed by atoms with Gasteiger partial charge in [-0.1, -0.05) is 24.3 Å². The summed E-state index contributed by atoms with van der Waals surface area (Å²) in [6.07, 6.45) is 0.822. The van der Waals surface area contributed by atoms with Gasteiger partial charge < -0.3 is 9.64 Å². The fourth-order valence-electron chi connectivity index (χ4n) is 2.92. The van der Waals surface area contributed by atoms with Crippen LogP contribution >= 0.6 is 0 Å². The van der Waals surface area contributed by atoms with E-state index in [1.807, 2.05) is 11.9 Å². The lowest BCUT2D eigenvalue weighted by atomic mass is 9.93. The van der Waals surface area contributed by atoms with Gasteiger partial charge in [0.1, 0.15) is 0 Å². The van der Waals surface area contributed by atoms with E-state index in [0.717, 1.165) is 26.1 Å². The molecule has 3 rings (SSSR count). The number of nitrogens with zero attached hydrogens (tertiary/aromatic N) is 2. The second-order valence-corrected chi connectivity index (χ2v) is 5.34. The topological polar surface area (TPSA) is 32.8 Å². The van der Waals surface area contributed by atoms with E-state index in [9.17, 15) is 4.79 Å². The van der Waals surface area contributed by atoms with Gasteiger partial charge in [0.25, 0.3) is 0 Å². The van der Waals surface area contributed by atoms with Gasteiger partial charge in [0.15, 0.2) is 0 Å². The average Bonchev–Trinajstić information content (AvgIpc) is 2.47. The summed E-state index contributed by atoms with van der Waals surface area (Å²) in [7, 11) is 2.04. The molecule has 0 bridgehead atoms. The first kappa shape index (κ1) is 12.6. The summed E-state index contributed by atoms with van der Waals surface area (Å²) in [5.74, 6) is 0.250. The fourth-order valence-corrected chi connectivity index (χ4v) is 2.92. The molecule has 1 fully saturated rings. The first-order chi connectivity index (χ1) is 9.25. The molecule has 4 nitrogen and oxygen atoms in total. The number of benzene rings is 1. The highest BCUT2D eigenvalue weighted by Crippen LogP contribution is 2.23. The smallest absolute Gasteiger partial charge is 0.240 e. The SMILES string of the molecule is CN1Cc2ccccc2CC1C(=O)N1CCOCC1. The lowest BCUT2D eigenvalue weighted by Gasteiger charge is -2.37. The van der Waals surface area contributed by atoms with Crippen LogP contribution in [0.15, 0.2) is 24.3 Å². The monoisotopic (exact) mass is 260 g/mol. The number of morpholine rings is 1. The number of carbonyl (C=O) groups excluding carboxylic acids is 1. The van der Waals surface area contributed by atoms with E-state index in [2.05, 4.69) is 29.2 Å². The predicted molar refractivity (Wildman–Crippen MR) is 72.8 cm³/mol. The molecule has 19 heavy (non-hydrogen) atoms. The van der Waals surface area contributed by atoms with Crippen molar-refractivity contribution in [2.75, 3.05) is 33.4 Å². The number of rotatable bonds is 1. The number of amides is 1. The normalized spacial score (nSPS) is 24.1. The minimum atomic E-state index is -0.0204. The Labute approximate surface area is 113 Å². The molecule has 0 radical (unpaired) electrons. The lowest BCUT2D eigenvalue weighted by molar-refractivity contribution is -0.141. The maximum atomic E-state index is 12.6. The maximum Gasteiger partial charge on any atom is 0.240 e.